The van der Waals surface area contributed by atoms with Crippen LogP contribution in [0, 0.1) is 0 Å². The van der Waals surface area contributed by atoms with Crippen LogP contribution in [0.25, 0.3) is 0 Å². The third-order valence-electron chi connectivity index (χ3n) is 2.62. The Morgan fingerprint density at radius 3 is 2.83 bits per heavy atom. The molecule has 1 saturated heterocycles. The van der Waals surface area contributed by atoms with E-state index in [1.54, 1.807) is 0 Å². The van der Waals surface area contributed by atoms with Gasteiger partial charge in [-0.05, 0) is 19.8 Å². The minimum atomic E-state index is -3.69. The van der Waals surface area contributed by atoms with Crippen molar-refractivity contribution >= 4 is 11.9 Å². The molecule has 1 heterocycles. The predicted molar refractivity (Wildman–Crippen MR) is 60.9 cm³/mol. The van der Waals surface area contributed by atoms with Crippen molar-refractivity contribution in [2.24, 2.45) is 0 Å². The quantitative estimate of drug-likeness (QED) is 0.728. The Labute approximate surface area is 105 Å². The van der Waals surface area contributed by atoms with E-state index in [1.807, 2.05) is 0 Å². The summed E-state index contributed by atoms with van der Waals surface area (Å²) in [6.45, 7) is 1.76. The minimum Gasteiger partial charge on any atom is -0.461 e. The van der Waals surface area contributed by atoms with E-state index < -0.39 is 11.9 Å². The maximum Gasteiger partial charge on any atom is 0.381 e. The summed E-state index contributed by atoms with van der Waals surface area (Å²) < 4.78 is 30.8. The Morgan fingerprint density at radius 1 is 1.44 bits per heavy atom. The van der Waals surface area contributed by atoms with Crippen molar-refractivity contribution in [1.82, 2.24) is 4.90 Å². The summed E-state index contributed by atoms with van der Waals surface area (Å²) >= 11 is 0. The number of hydrogen-bond donors (Lipinski definition) is 0. The number of ether oxygens (including phenoxy) is 1. The molecule has 1 amide bonds. The Morgan fingerprint density at radius 2 is 2.17 bits per heavy atom. The van der Waals surface area contributed by atoms with Crippen LogP contribution in [0.5, 0.6) is 0 Å². The van der Waals surface area contributed by atoms with Crippen LogP contribution < -0.4 is 0 Å². The van der Waals surface area contributed by atoms with Crippen molar-refractivity contribution in [3.63, 3.8) is 0 Å². The number of carbonyl (C=O) groups excluding carboxylic acids is 2. The topological polar surface area (TPSA) is 46.6 Å². The van der Waals surface area contributed by atoms with Crippen LogP contribution in [-0.2, 0) is 14.3 Å². The maximum absolute atomic E-state index is 13.3. The summed E-state index contributed by atoms with van der Waals surface area (Å²) in [4.78, 5) is 23.7. The SMILES string of the molecule is CCOC(=O)C(F)(F)/C=C/N1CCCCCC1=O. The van der Waals surface area contributed by atoms with E-state index in [2.05, 4.69) is 4.74 Å². The molecule has 18 heavy (non-hydrogen) atoms. The molecule has 6 heteroatoms. The van der Waals surface area contributed by atoms with Crippen LogP contribution in [0.3, 0.4) is 0 Å². The Bertz CT molecular complexity index is 342. The molecule has 0 radical (unpaired) electrons. The van der Waals surface area contributed by atoms with E-state index in [9.17, 15) is 18.4 Å². The third kappa shape index (κ3) is 4.09. The number of likely N-dealkylation sites (tertiary alicyclic amines) is 1. The lowest BCUT2D eigenvalue weighted by molar-refractivity contribution is -0.164. The molecule has 0 bridgehead atoms. The molecule has 0 spiro atoms. The van der Waals surface area contributed by atoms with Crippen LogP contribution in [0.2, 0.25) is 0 Å². The summed E-state index contributed by atoms with van der Waals surface area (Å²) in [7, 11) is 0. The Hall–Kier alpha value is -1.46. The van der Waals surface area contributed by atoms with Gasteiger partial charge in [0, 0.05) is 25.2 Å². The lowest BCUT2D eigenvalue weighted by Gasteiger charge is -2.16. The zero-order chi connectivity index (χ0) is 13.6. The molecule has 4 nitrogen and oxygen atoms in total. The van der Waals surface area contributed by atoms with Gasteiger partial charge in [0.15, 0.2) is 0 Å². The Kier molecular flexibility index (Phi) is 5.25. The summed E-state index contributed by atoms with van der Waals surface area (Å²) in [5.41, 5.74) is 0. The molecule has 1 rings (SSSR count). The van der Waals surface area contributed by atoms with Crippen molar-refractivity contribution in [2.45, 2.75) is 38.5 Å². The highest BCUT2D eigenvalue weighted by molar-refractivity contribution is 5.80. The van der Waals surface area contributed by atoms with Crippen molar-refractivity contribution in [2.75, 3.05) is 13.2 Å². The number of rotatable bonds is 4. The van der Waals surface area contributed by atoms with Crippen LogP contribution in [0.4, 0.5) is 8.78 Å². The van der Waals surface area contributed by atoms with Gasteiger partial charge in [-0.2, -0.15) is 8.78 Å². The fourth-order valence-corrected chi connectivity index (χ4v) is 1.64. The molecule has 1 fully saturated rings. The molecule has 0 atom stereocenters. The fraction of sp³-hybridized carbons (Fsp3) is 0.667. The van der Waals surface area contributed by atoms with Crippen molar-refractivity contribution in [3.05, 3.63) is 12.3 Å². The van der Waals surface area contributed by atoms with E-state index in [0.717, 1.165) is 25.5 Å². The standard InChI is InChI=1S/C12H17F2NO3/c1-2-18-11(17)12(13,14)7-9-15-8-5-3-4-6-10(15)16/h7,9H,2-6,8H2,1H3/b9-7+. The molecule has 0 aromatic heterocycles. The molecule has 0 unspecified atom stereocenters. The van der Waals surface area contributed by atoms with E-state index in [0.29, 0.717) is 19.0 Å². The van der Waals surface area contributed by atoms with E-state index in [1.165, 1.54) is 11.8 Å². The number of alkyl halides is 2. The van der Waals surface area contributed by atoms with Crippen LogP contribution >= 0.6 is 0 Å². The largest absolute Gasteiger partial charge is 0.461 e. The first kappa shape index (κ1) is 14.6. The molecule has 0 saturated carbocycles. The van der Waals surface area contributed by atoms with Gasteiger partial charge in [-0.15, -0.1) is 0 Å². The zero-order valence-corrected chi connectivity index (χ0v) is 10.3. The highest BCUT2D eigenvalue weighted by Crippen LogP contribution is 2.19. The molecular formula is C12H17F2NO3. The first-order chi connectivity index (χ1) is 8.47. The molecule has 0 aromatic rings. The minimum absolute atomic E-state index is 0.106. The van der Waals surface area contributed by atoms with Crippen molar-refractivity contribution in [3.8, 4) is 0 Å². The van der Waals surface area contributed by atoms with Crippen molar-refractivity contribution < 1.29 is 23.1 Å². The number of carbonyl (C=O) groups is 2. The van der Waals surface area contributed by atoms with Gasteiger partial charge >= 0.3 is 11.9 Å². The fourth-order valence-electron chi connectivity index (χ4n) is 1.64. The zero-order valence-electron chi connectivity index (χ0n) is 10.3. The average molecular weight is 261 g/mol. The molecule has 1 aliphatic heterocycles. The molecule has 0 aromatic carbocycles. The second kappa shape index (κ2) is 6.47. The van der Waals surface area contributed by atoms with Crippen molar-refractivity contribution in [1.29, 1.82) is 0 Å². The Balaban J connectivity index is 2.65. The lowest BCUT2D eigenvalue weighted by atomic mass is 10.2. The second-order valence-electron chi connectivity index (χ2n) is 4.06. The van der Waals surface area contributed by atoms with Crippen LogP contribution in [0.15, 0.2) is 12.3 Å². The molecular weight excluding hydrogens is 244 g/mol. The second-order valence-corrected chi connectivity index (χ2v) is 4.06. The van der Waals surface area contributed by atoms with Gasteiger partial charge in [-0.25, -0.2) is 4.79 Å². The van der Waals surface area contributed by atoms with Gasteiger partial charge in [0.2, 0.25) is 5.91 Å². The number of amides is 1. The highest BCUT2D eigenvalue weighted by atomic mass is 19.3. The van der Waals surface area contributed by atoms with Gasteiger partial charge in [0.1, 0.15) is 0 Å². The normalized spacial score (nSPS) is 17.9. The molecule has 1 aliphatic rings. The summed E-state index contributed by atoms with van der Waals surface area (Å²) in [6, 6.07) is 0. The van der Waals surface area contributed by atoms with Crippen LogP contribution in [0.1, 0.15) is 32.6 Å². The third-order valence-corrected chi connectivity index (χ3v) is 2.62. The first-order valence-corrected chi connectivity index (χ1v) is 6.01. The van der Waals surface area contributed by atoms with E-state index >= 15 is 0 Å². The van der Waals surface area contributed by atoms with Gasteiger partial charge in [0.05, 0.1) is 6.61 Å². The number of esters is 1. The first-order valence-electron chi connectivity index (χ1n) is 6.01. The van der Waals surface area contributed by atoms with Gasteiger partial charge in [-0.3, -0.25) is 4.79 Å². The maximum atomic E-state index is 13.3. The summed E-state index contributed by atoms with van der Waals surface area (Å²) in [5, 5.41) is 0. The number of hydrogen-bond acceptors (Lipinski definition) is 3. The van der Waals surface area contributed by atoms with E-state index in [-0.39, 0.29) is 12.5 Å². The number of nitrogens with zero attached hydrogens (tertiary/aromatic N) is 1. The highest BCUT2D eigenvalue weighted by Gasteiger charge is 2.37. The average Bonchev–Trinajstić information content (AvgIpc) is 2.52. The predicted octanol–water partition coefficient (Wildman–Crippen LogP) is 2.10. The van der Waals surface area contributed by atoms with E-state index in [4.69, 9.17) is 0 Å². The molecule has 0 aliphatic carbocycles. The lowest BCUT2D eigenvalue weighted by Crippen LogP contribution is -2.31. The molecule has 102 valence electrons. The molecule has 0 N–H and O–H groups in total. The van der Waals surface area contributed by atoms with Crippen LogP contribution in [-0.4, -0.2) is 35.9 Å². The summed E-state index contributed by atoms with van der Waals surface area (Å²) in [6.07, 6.45) is 4.23. The number of halogens is 2. The smallest absolute Gasteiger partial charge is 0.381 e. The van der Waals surface area contributed by atoms with Gasteiger partial charge < -0.3 is 9.64 Å². The van der Waals surface area contributed by atoms with Gasteiger partial charge in [0.25, 0.3) is 0 Å². The summed E-state index contributed by atoms with van der Waals surface area (Å²) in [5.74, 6) is -5.48. The van der Waals surface area contributed by atoms with Gasteiger partial charge in [-0.1, -0.05) is 6.42 Å². The monoisotopic (exact) mass is 261 g/mol.